The van der Waals surface area contributed by atoms with Crippen LogP contribution in [0.3, 0.4) is 0 Å². The summed E-state index contributed by atoms with van der Waals surface area (Å²) >= 11 is 2.63. The lowest BCUT2D eigenvalue weighted by atomic mass is 10.3. The van der Waals surface area contributed by atoms with Crippen molar-refractivity contribution in [3.8, 4) is 0 Å². The lowest BCUT2D eigenvalue weighted by molar-refractivity contribution is 0.0990. The minimum absolute atomic E-state index is 0.231. The van der Waals surface area contributed by atoms with E-state index in [1.54, 1.807) is 17.8 Å². The van der Waals surface area contributed by atoms with Crippen LogP contribution in [0, 0.1) is 0 Å². The van der Waals surface area contributed by atoms with Gasteiger partial charge in [-0.05, 0) is 18.2 Å². The van der Waals surface area contributed by atoms with Crippen molar-refractivity contribution < 1.29 is 14.0 Å². The molecule has 2 amide bonds. The number of thioether (sulfide) groups is 1. The molecule has 0 radical (unpaired) electrons. The number of hydrogen-bond acceptors (Lipinski definition) is 6. The first-order valence-electron chi connectivity index (χ1n) is 6.94. The predicted molar refractivity (Wildman–Crippen MR) is 93.3 cm³/mol. The minimum Gasteiger partial charge on any atom is -0.459 e. The maximum absolute atomic E-state index is 12.3. The number of hydrogen-bond donors (Lipinski definition) is 2. The normalized spacial score (nSPS) is 10.5. The van der Waals surface area contributed by atoms with Gasteiger partial charge in [0.05, 0.1) is 12.5 Å². The van der Waals surface area contributed by atoms with Crippen LogP contribution in [0.2, 0.25) is 0 Å². The first-order valence-corrected chi connectivity index (χ1v) is 8.75. The van der Waals surface area contributed by atoms with Gasteiger partial charge in [-0.25, -0.2) is 4.98 Å². The van der Waals surface area contributed by atoms with Gasteiger partial charge >= 0.3 is 0 Å². The summed E-state index contributed by atoms with van der Waals surface area (Å²) in [5, 5.41) is 2.91. The van der Waals surface area contributed by atoms with Gasteiger partial charge in [0, 0.05) is 16.2 Å². The number of primary amides is 1. The van der Waals surface area contributed by atoms with Crippen LogP contribution in [0.5, 0.6) is 0 Å². The number of nitrogens with zero attached hydrogens (tertiary/aromatic N) is 1. The summed E-state index contributed by atoms with van der Waals surface area (Å²) in [6.45, 7) is 0. The first kappa shape index (κ1) is 16.3. The minimum atomic E-state index is -0.578. The zero-order chi connectivity index (χ0) is 16.9. The van der Waals surface area contributed by atoms with Crippen molar-refractivity contribution in [2.24, 2.45) is 5.73 Å². The number of nitrogens with two attached hydrogens (primary N) is 1. The maximum Gasteiger partial charge on any atom is 0.293 e. The van der Waals surface area contributed by atoms with Crippen molar-refractivity contribution in [2.75, 3.05) is 5.32 Å². The smallest absolute Gasteiger partial charge is 0.293 e. The molecule has 0 saturated carbocycles. The molecule has 0 atom stereocenters. The Balaban J connectivity index is 1.67. The van der Waals surface area contributed by atoms with Gasteiger partial charge in [0.2, 0.25) is 0 Å². The maximum atomic E-state index is 12.3. The van der Waals surface area contributed by atoms with Crippen molar-refractivity contribution >= 4 is 40.0 Å². The molecule has 8 heteroatoms. The Labute approximate surface area is 146 Å². The third-order valence-corrected chi connectivity index (χ3v) is 5.05. The fourth-order valence-electron chi connectivity index (χ4n) is 1.93. The van der Waals surface area contributed by atoms with E-state index in [1.165, 1.54) is 12.5 Å². The summed E-state index contributed by atoms with van der Waals surface area (Å²) in [6, 6.07) is 11.7. The summed E-state index contributed by atoms with van der Waals surface area (Å²) in [5.41, 5.74) is 5.95. The summed E-state index contributed by atoms with van der Waals surface area (Å²) in [6.07, 6.45) is 2.81. The second-order valence-corrected chi connectivity index (χ2v) is 6.80. The Hall–Kier alpha value is -2.58. The Morgan fingerprint density at radius 3 is 2.75 bits per heavy atom. The average Bonchev–Trinajstić information content (AvgIpc) is 3.23. The molecule has 2 heterocycles. The molecule has 0 aliphatic heterocycles. The number of rotatable bonds is 6. The molecule has 2 aromatic heterocycles. The van der Waals surface area contributed by atoms with Crippen molar-refractivity contribution in [3.63, 3.8) is 0 Å². The zero-order valence-corrected chi connectivity index (χ0v) is 14.0. The van der Waals surface area contributed by atoms with E-state index in [9.17, 15) is 9.59 Å². The third-order valence-electron chi connectivity index (χ3n) is 3.06. The molecule has 0 fully saturated rings. The van der Waals surface area contributed by atoms with Crippen molar-refractivity contribution in [2.45, 2.75) is 10.6 Å². The number of amides is 2. The average molecular weight is 359 g/mol. The molecule has 0 bridgehead atoms. The molecule has 3 N–H and O–H groups in total. The molecule has 6 nitrogen and oxygen atoms in total. The van der Waals surface area contributed by atoms with E-state index >= 15 is 0 Å². The van der Waals surface area contributed by atoms with Crippen LogP contribution in [-0.2, 0) is 5.75 Å². The van der Waals surface area contributed by atoms with Crippen molar-refractivity contribution in [1.82, 2.24) is 4.98 Å². The molecule has 122 valence electrons. The monoisotopic (exact) mass is 359 g/mol. The topological polar surface area (TPSA) is 98.2 Å². The fraction of sp³-hybridized carbons (Fsp3) is 0.0625. The van der Waals surface area contributed by atoms with Crippen LogP contribution >= 0.6 is 23.1 Å². The van der Waals surface area contributed by atoms with Crippen LogP contribution in [0.15, 0.2) is 58.2 Å². The molecule has 3 rings (SSSR count). The first-order chi connectivity index (χ1) is 11.6. The number of nitrogens with one attached hydrogen (secondary N) is 1. The van der Waals surface area contributed by atoms with Gasteiger partial charge in [0.25, 0.3) is 11.8 Å². The van der Waals surface area contributed by atoms with Gasteiger partial charge in [0.1, 0.15) is 4.88 Å². The van der Waals surface area contributed by atoms with Crippen LogP contribution in [0.4, 0.5) is 5.13 Å². The molecule has 1 aromatic carbocycles. The van der Waals surface area contributed by atoms with Gasteiger partial charge in [0.15, 0.2) is 10.9 Å². The molecule has 24 heavy (non-hydrogen) atoms. The largest absolute Gasteiger partial charge is 0.459 e. The molecule has 0 aliphatic rings. The van der Waals surface area contributed by atoms with Gasteiger partial charge < -0.3 is 10.2 Å². The highest BCUT2D eigenvalue weighted by atomic mass is 32.2. The van der Waals surface area contributed by atoms with Crippen LogP contribution in [0.25, 0.3) is 0 Å². The highest BCUT2D eigenvalue weighted by Crippen LogP contribution is 2.26. The number of benzene rings is 1. The number of anilines is 1. The summed E-state index contributed by atoms with van der Waals surface area (Å²) in [7, 11) is 0. The van der Waals surface area contributed by atoms with Gasteiger partial charge in [-0.15, -0.1) is 11.8 Å². The van der Waals surface area contributed by atoms with Gasteiger partial charge in [-0.2, -0.15) is 0 Å². The SMILES string of the molecule is NC(=O)c1cnc(NC(=O)c2occc2CSc2ccccc2)s1. The second kappa shape index (κ2) is 7.33. The molecular weight excluding hydrogens is 346 g/mol. The van der Waals surface area contributed by atoms with E-state index in [2.05, 4.69) is 10.3 Å². The fourth-order valence-corrected chi connectivity index (χ4v) is 3.49. The molecular formula is C16H13N3O3S2. The number of carbonyl (C=O) groups is 2. The Bertz CT molecular complexity index is 858. The van der Waals surface area contributed by atoms with Crippen LogP contribution in [-0.4, -0.2) is 16.8 Å². The van der Waals surface area contributed by atoms with Crippen molar-refractivity contribution in [1.29, 1.82) is 0 Å². The summed E-state index contributed by atoms with van der Waals surface area (Å²) in [4.78, 5) is 28.7. The molecule has 0 saturated heterocycles. The molecule has 3 aromatic rings. The number of furan rings is 1. The van der Waals surface area contributed by atoms with E-state index in [1.807, 2.05) is 30.3 Å². The number of aromatic nitrogens is 1. The predicted octanol–water partition coefficient (Wildman–Crippen LogP) is 3.38. The molecule has 0 aliphatic carbocycles. The molecule has 0 unspecified atom stereocenters. The zero-order valence-electron chi connectivity index (χ0n) is 12.4. The highest BCUT2D eigenvalue weighted by Gasteiger charge is 2.17. The highest BCUT2D eigenvalue weighted by molar-refractivity contribution is 7.98. The molecule has 0 spiro atoms. The van der Waals surface area contributed by atoms with E-state index < -0.39 is 11.8 Å². The van der Waals surface area contributed by atoms with E-state index in [-0.39, 0.29) is 10.6 Å². The van der Waals surface area contributed by atoms with E-state index in [4.69, 9.17) is 10.2 Å². The summed E-state index contributed by atoms with van der Waals surface area (Å²) < 4.78 is 5.30. The number of thiazole rings is 1. The van der Waals surface area contributed by atoms with Gasteiger partial charge in [-0.1, -0.05) is 29.5 Å². The van der Waals surface area contributed by atoms with Crippen molar-refractivity contribution in [3.05, 3.63) is 65.1 Å². The summed E-state index contributed by atoms with van der Waals surface area (Å²) in [5.74, 6) is -0.151. The third kappa shape index (κ3) is 3.84. The van der Waals surface area contributed by atoms with Gasteiger partial charge in [-0.3, -0.25) is 14.9 Å². The number of carbonyl (C=O) groups excluding carboxylic acids is 2. The van der Waals surface area contributed by atoms with E-state index in [0.717, 1.165) is 21.8 Å². The Morgan fingerprint density at radius 2 is 2.04 bits per heavy atom. The second-order valence-electron chi connectivity index (χ2n) is 4.72. The van der Waals surface area contributed by atoms with Crippen LogP contribution in [0.1, 0.15) is 25.8 Å². The Kier molecular flexibility index (Phi) is 4.97. The lowest BCUT2D eigenvalue weighted by Gasteiger charge is -2.03. The lowest BCUT2D eigenvalue weighted by Crippen LogP contribution is -2.12. The van der Waals surface area contributed by atoms with Crippen LogP contribution < -0.4 is 11.1 Å². The van der Waals surface area contributed by atoms with E-state index in [0.29, 0.717) is 10.9 Å². The quantitative estimate of drug-likeness (QED) is 0.658. The Morgan fingerprint density at radius 1 is 1.25 bits per heavy atom. The standard InChI is InChI=1S/C16H13N3O3S2/c17-14(20)12-8-18-16(24-12)19-15(21)13-10(6-7-22-13)9-23-11-4-2-1-3-5-11/h1-8H,9H2,(H2,17,20)(H,18,19,21).